The molecule has 2 aliphatic rings. The van der Waals surface area contributed by atoms with E-state index in [4.69, 9.17) is 0 Å². The van der Waals surface area contributed by atoms with Crippen molar-refractivity contribution in [2.75, 3.05) is 6.67 Å². The van der Waals surface area contributed by atoms with Gasteiger partial charge in [-0.2, -0.15) is 5.10 Å². The van der Waals surface area contributed by atoms with Crippen molar-refractivity contribution in [2.45, 2.75) is 46.3 Å². The van der Waals surface area contributed by atoms with Gasteiger partial charge in [0.25, 0.3) is 5.91 Å². The molecule has 7 nitrogen and oxygen atoms in total. The van der Waals surface area contributed by atoms with Crippen LogP contribution in [-0.4, -0.2) is 23.3 Å². The number of hydrogen-bond acceptors (Lipinski definition) is 6. The Labute approximate surface area is 248 Å². The molecule has 8 heteroatoms. The van der Waals surface area contributed by atoms with E-state index in [1.165, 1.54) is 6.07 Å². The second-order valence-corrected chi connectivity index (χ2v) is 10.7. The number of rotatable bonds is 13. The lowest BCUT2D eigenvalue weighted by Crippen LogP contribution is -2.38. The summed E-state index contributed by atoms with van der Waals surface area (Å²) in [6.07, 6.45) is 4.47. The molecule has 0 unspecified atom stereocenters. The maximum Gasteiger partial charge on any atom is 0.268 e. The Morgan fingerprint density at radius 2 is 1.88 bits per heavy atom. The van der Waals surface area contributed by atoms with Gasteiger partial charge in [-0.25, -0.2) is 4.39 Å². The third-order valence-corrected chi connectivity index (χ3v) is 7.25. The molecular formula is C34H39FN6O. The molecule has 1 aliphatic heterocycles. The van der Waals surface area contributed by atoms with Crippen molar-refractivity contribution in [3.05, 3.63) is 137 Å². The van der Waals surface area contributed by atoms with E-state index in [1.54, 1.807) is 17.0 Å². The second-order valence-electron chi connectivity index (χ2n) is 10.7. The number of halogens is 1. The molecule has 0 saturated heterocycles. The molecule has 2 aromatic carbocycles. The number of amides is 1. The maximum absolute atomic E-state index is 14.4. The molecule has 0 radical (unpaired) electrons. The van der Waals surface area contributed by atoms with Gasteiger partial charge in [0.15, 0.2) is 0 Å². The molecular weight excluding hydrogens is 527 g/mol. The largest absolute Gasteiger partial charge is 0.384 e. The minimum Gasteiger partial charge on any atom is -0.384 e. The van der Waals surface area contributed by atoms with Crippen LogP contribution < -0.4 is 21.4 Å². The van der Waals surface area contributed by atoms with Gasteiger partial charge < -0.3 is 20.9 Å². The summed E-state index contributed by atoms with van der Waals surface area (Å²) in [6.45, 7) is 23.0. The molecule has 1 heterocycles. The van der Waals surface area contributed by atoms with Crippen LogP contribution in [0.4, 0.5) is 4.39 Å². The third kappa shape index (κ3) is 7.46. The summed E-state index contributed by atoms with van der Waals surface area (Å²) in [6, 6.07) is 12.8. The molecule has 0 saturated carbocycles. The highest BCUT2D eigenvalue weighted by Gasteiger charge is 2.25. The Balaban J connectivity index is 1.42. The third-order valence-electron chi connectivity index (χ3n) is 7.25. The first-order valence-corrected chi connectivity index (χ1v) is 13.9. The van der Waals surface area contributed by atoms with Crippen molar-refractivity contribution >= 4 is 17.3 Å². The lowest BCUT2D eigenvalue weighted by Gasteiger charge is -2.23. The number of hydrogen-bond donors (Lipinski definition) is 4. The van der Waals surface area contributed by atoms with E-state index in [2.05, 4.69) is 52.8 Å². The molecule has 4 N–H and O–H groups in total. The smallest absolute Gasteiger partial charge is 0.268 e. The number of allylic oxidation sites excluding steroid dienone is 4. The molecule has 218 valence electrons. The maximum atomic E-state index is 14.4. The first-order chi connectivity index (χ1) is 20.0. The first-order valence-electron chi connectivity index (χ1n) is 13.9. The molecule has 4 rings (SSSR count). The van der Waals surface area contributed by atoms with Crippen molar-refractivity contribution in [2.24, 2.45) is 5.10 Å². The lowest BCUT2D eigenvalue weighted by atomic mass is 10.00. The van der Waals surface area contributed by atoms with Crippen molar-refractivity contribution < 1.29 is 9.18 Å². The van der Waals surface area contributed by atoms with Crippen LogP contribution >= 0.6 is 0 Å². The summed E-state index contributed by atoms with van der Waals surface area (Å²) in [7, 11) is 0. The summed E-state index contributed by atoms with van der Waals surface area (Å²) >= 11 is 0. The molecule has 0 bridgehead atoms. The van der Waals surface area contributed by atoms with Crippen LogP contribution in [0.25, 0.3) is 5.57 Å². The molecule has 1 amide bonds. The molecule has 2 aromatic rings. The van der Waals surface area contributed by atoms with E-state index in [0.717, 1.165) is 40.0 Å². The lowest BCUT2D eigenvalue weighted by molar-refractivity contribution is -0.119. The van der Waals surface area contributed by atoms with Crippen molar-refractivity contribution in [3.63, 3.8) is 0 Å². The summed E-state index contributed by atoms with van der Waals surface area (Å²) in [5, 5.41) is 13.8. The van der Waals surface area contributed by atoms with Crippen molar-refractivity contribution in [1.29, 1.82) is 0 Å². The highest BCUT2D eigenvalue weighted by atomic mass is 19.1. The average Bonchev–Trinajstić information content (AvgIpc) is 3.38. The quantitative estimate of drug-likeness (QED) is 0.179. The van der Waals surface area contributed by atoms with Gasteiger partial charge in [-0.3, -0.25) is 10.2 Å². The number of carbonyl (C=O) groups excluding carboxylic acids is 1. The highest BCUT2D eigenvalue weighted by Crippen LogP contribution is 2.22. The molecule has 42 heavy (non-hydrogen) atoms. The van der Waals surface area contributed by atoms with Gasteiger partial charge in [-0.05, 0) is 72.9 Å². The van der Waals surface area contributed by atoms with Crippen LogP contribution in [0.1, 0.15) is 55.5 Å². The highest BCUT2D eigenvalue weighted by molar-refractivity contribution is 5.99. The van der Waals surface area contributed by atoms with Crippen LogP contribution in [0.3, 0.4) is 0 Å². The minimum absolute atomic E-state index is 0.232. The number of nitrogens with zero attached hydrogens (tertiary/aromatic N) is 2. The number of benzene rings is 2. The fourth-order valence-corrected chi connectivity index (χ4v) is 4.56. The van der Waals surface area contributed by atoms with E-state index >= 15 is 0 Å². The van der Waals surface area contributed by atoms with Crippen LogP contribution in [0.15, 0.2) is 114 Å². The number of nitrogens with one attached hydrogen (secondary N) is 4. The zero-order chi connectivity index (χ0) is 30.4. The van der Waals surface area contributed by atoms with Gasteiger partial charge in [0.1, 0.15) is 24.0 Å². The van der Waals surface area contributed by atoms with Crippen molar-refractivity contribution in [1.82, 2.24) is 26.3 Å². The Morgan fingerprint density at radius 1 is 1.17 bits per heavy atom. The van der Waals surface area contributed by atoms with Gasteiger partial charge in [-0.15, -0.1) is 0 Å². The molecule has 0 aromatic heterocycles. The predicted molar refractivity (Wildman–Crippen MR) is 169 cm³/mol. The van der Waals surface area contributed by atoms with Crippen LogP contribution in [0.5, 0.6) is 0 Å². The number of amidine groups is 1. The average molecular weight is 567 g/mol. The van der Waals surface area contributed by atoms with Crippen LogP contribution in [0.2, 0.25) is 0 Å². The molecule has 1 aliphatic carbocycles. The zero-order valence-electron chi connectivity index (χ0n) is 24.6. The fourth-order valence-electron chi connectivity index (χ4n) is 4.56. The standard InChI is InChI=1S/C34H39FN6O/c1-21(2)28-9-11-29(12-10-28)25(6)39-34(42)33(41-20-38-40-26(41)7)16-23(4)24(5)36-18-27-8-13-32(35)30(17-27)19-37-31-14-22(3)15-31/h8-14,16-17,25,36-38H,1,3-5,15,18-20H2,2,6-7H3,(H,39,42)/b33-16-/t25-/m1/s1. The van der Waals surface area contributed by atoms with Crippen LogP contribution in [-0.2, 0) is 17.9 Å². The van der Waals surface area contributed by atoms with Gasteiger partial charge in [0.05, 0.1) is 6.04 Å². The molecule has 1 atom stereocenters. The van der Waals surface area contributed by atoms with E-state index < -0.39 is 0 Å². The number of carbonyl (C=O) groups is 1. The summed E-state index contributed by atoms with van der Waals surface area (Å²) < 4.78 is 14.4. The first kappa shape index (κ1) is 30.1. The summed E-state index contributed by atoms with van der Waals surface area (Å²) in [5.74, 6) is 0.138. The zero-order valence-corrected chi connectivity index (χ0v) is 24.6. The van der Waals surface area contributed by atoms with Crippen molar-refractivity contribution in [3.8, 4) is 0 Å². The predicted octanol–water partition coefficient (Wildman–Crippen LogP) is 5.91. The van der Waals surface area contributed by atoms with E-state index in [0.29, 0.717) is 48.1 Å². The number of hydrazone groups is 1. The topological polar surface area (TPSA) is 80.8 Å². The normalized spacial score (nSPS) is 15.1. The van der Waals surface area contributed by atoms with E-state index in [-0.39, 0.29) is 17.8 Å². The second kappa shape index (κ2) is 13.2. The van der Waals surface area contributed by atoms with Gasteiger partial charge in [0, 0.05) is 36.5 Å². The Kier molecular flexibility index (Phi) is 9.47. The summed E-state index contributed by atoms with van der Waals surface area (Å²) in [4.78, 5) is 15.3. The monoisotopic (exact) mass is 566 g/mol. The summed E-state index contributed by atoms with van der Waals surface area (Å²) in [5.41, 5.74) is 11.0. The minimum atomic E-state index is -0.264. The van der Waals surface area contributed by atoms with E-state index in [9.17, 15) is 9.18 Å². The Bertz CT molecular complexity index is 1510. The fraction of sp³-hybridized carbons (Fsp3) is 0.235. The van der Waals surface area contributed by atoms with E-state index in [1.807, 2.05) is 57.2 Å². The molecule has 0 fully saturated rings. The van der Waals surface area contributed by atoms with Gasteiger partial charge in [-0.1, -0.05) is 62.2 Å². The SMILES string of the molecule is C=C1C=C(NCc2cc(CNC(=C)C(=C)/C=C(/C(=O)N[C@H](C)c3ccc(C(=C)C)cc3)N3CNN=C3C)ccc2F)C1. The van der Waals surface area contributed by atoms with Gasteiger partial charge >= 0.3 is 0 Å². The Hall–Kier alpha value is -4.85. The van der Waals surface area contributed by atoms with Crippen LogP contribution in [0, 0.1) is 5.82 Å². The van der Waals surface area contributed by atoms with Gasteiger partial charge in [0.2, 0.25) is 0 Å². The Morgan fingerprint density at radius 3 is 2.50 bits per heavy atom. The molecule has 0 spiro atoms.